The molecule has 5 nitrogen and oxygen atoms in total. The Bertz CT molecular complexity index is 465. The number of aliphatic hydroxyl groups is 1. The van der Waals surface area contributed by atoms with Gasteiger partial charge in [-0.15, -0.1) is 0 Å². The lowest BCUT2D eigenvalue weighted by atomic mass is 10.1. The van der Waals surface area contributed by atoms with Gasteiger partial charge in [-0.2, -0.15) is 0 Å². The molecule has 0 saturated carbocycles. The smallest absolute Gasteiger partial charge is 0.261 e. The number of hydrogen-bond acceptors (Lipinski definition) is 4. The Morgan fingerprint density at radius 1 is 1.35 bits per heavy atom. The lowest BCUT2D eigenvalue weighted by Crippen LogP contribution is -2.46. The van der Waals surface area contributed by atoms with E-state index in [2.05, 4.69) is 5.32 Å². The Labute approximate surface area is 119 Å². The summed E-state index contributed by atoms with van der Waals surface area (Å²) >= 11 is 0. The van der Waals surface area contributed by atoms with Crippen LogP contribution in [0.25, 0.3) is 0 Å². The Kier molecular flexibility index (Phi) is 5.39. The fourth-order valence-corrected chi connectivity index (χ4v) is 1.62. The van der Waals surface area contributed by atoms with E-state index in [0.29, 0.717) is 11.5 Å². The molecule has 20 heavy (non-hydrogen) atoms. The highest BCUT2D eigenvalue weighted by molar-refractivity contribution is 5.81. The molecule has 0 bridgehead atoms. The van der Waals surface area contributed by atoms with Crippen molar-refractivity contribution < 1.29 is 19.4 Å². The Morgan fingerprint density at radius 2 is 2.00 bits per heavy atom. The molecule has 112 valence electrons. The van der Waals surface area contributed by atoms with Gasteiger partial charge in [0.2, 0.25) is 0 Å². The minimum Gasteiger partial charge on any atom is -0.493 e. The molecule has 0 heterocycles. The highest BCUT2D eigenvalue weighted by Gasteiger charge is 2.21. The van der Waals surface area contributed by atoms with Crippen molar-refractivity contribution >= 4 is 5.91 Å². The molecule has 1 aromatic carbocycles. The van der Waals surface area contributed by atoms with Crippen LogP contribution in [0.15, 0.2) is 18.2 Å². The van der Waals surface area contributed by atoms with Gasteiger partial charge in [0.25, 0.3) is 5.91 Å². The van der Waals surface area contributed by atoms with Gasteiger partial charge in [0.1, 0.15) is 0 Å². The Hall–Kier alpha value is -1.75. The van der Waals surface area contributed by atoms with Crippen molar-refractivity contribution in [1.82, 2.24) is 5.32 Å². The van der Waals surface area contributed by atoms with Crippen molar-refractivity contribution in [2.45, 2.75) is 45.9 Å². The summed E-state index contributed by atoms with van der Waals surface area (Å²) in [7, 11) is 1.52. The number of hydrogen-bond donors (Lipinski definition) is 2. The molecule has 0 saturated heterocycles. The maximum atomic E-state index is 12.0. The summed E-state index contributed by atoms with van der Waals surface area (Å²) in [6.07, 6.45) is -0.636. The largest absolute Gasteiger partial charge is 0.493 e. The molecule has 0 radical (unpaired) electrons. The highest BCUT2D eigenvalue weighted by Crippen LogP contribution is 2.29. The summed E-state index contributed by atoms with van der Waals surface area (Å²) in [6.45, 7) is 7.34. The van der Waals surface area contributed by atoms with Crippen molar-refractivity contribution in [3.8, 4) is 11.5 Å². The van der Waals surface area contributed by atoms with Gasteiger partial charge in [-0.05, 0) is 45.4 Å². The molecule has 1 rings (SSSR count). The van der Waals surface area contributed by atoms with E-state index in [0.717, 1.165) is 5.56 Å². The molecular formula is C15H23NO4. The molecule has 0 aromatic heterocycles. The number of amides is 1. The van der Waals surface area contributed by atoms with E-state index in [1.807, 2.05) is 20.8 Å². The van der Waals surface area contributed by atoms with Crippen LogP contribution < -0.4 is 14.8 Å². The van der Waals surface area contributed by atoms with Crippen molar-refractivity contribution in [2.24, 2.45) is 0 Å². The summed E-state index contributed by atoms with van der Waals surface area (Å²) in [5.41, 5.74) is 0.417. The molecule has 1 unspecified atom stereocenters. The summed E-state index contributed by atoms with van der Waals surface area (Å²) in [5, 5.41) is 11.9. The first-order chi connectivity index (χ1) is 9.26. The molecule has 0 fully saturated rings. The minimum atomic E-state index is -0.636. The lowest BCUT2D eigenvalue weighted by molar-refractivity contribution is -0.128. The summed E-state index contributed by atoms with van der Waals surface area (Å²) < 4.78 is 10.8. The Balaban J connectivity index is 2.80. The average Bonchev–Trinajstić information content (AvgIpc) is 2.37. The predicted octanol–water partition coefficient (Wildman–Crippen LogP) is 1.87. The number of nitrogens with one attached hydrogen (secondary N) is 1. The van der Waals surface area contributed by atoms with Gasteiger partial charge in [-0.25, -0.2) is 0 Å². The van der Waals surface area contributed by atoms with Crippen LogP contribution in [0.5, 0.6) is 11.5 Å². The van der Waals surface area contributed by atoms with E-state index in [4.69, 9.17) is 14.6 Å². The van der Waals surface area contributed by atoms with E-state index < -0.39 is 6.10 Å². The van der Waals surface area contributed by atoms with Crippen LogP contribution in [0.3, 0.4) is 0 Å². The molecule has 1 aromatic rings. The normalized spacial score (nSPS) is 12.7. The Morgan fingerprint density at radius 3 is 2.50 bits per heavy atom. The van der Waals surface area contributed by atoms with E-state index in [-0.39, 0.29) is 18.1 Å². The fraction of sp³-hybridized carbons (Fsp3) is 0.533. The molecule has 5 heteroatoms. The third-order valence-corrected chi connectivity index (χ3v) is 2.58. The molecule has 1 amide bonds. The maximum absolute atomic E-state index is 12.0. The van der Waals surface area contributed by atoms with Crippen LogP contribution in [0.2, 0.25) is 0 Å². The molecule has 1 atom stereocenters. The van der Waals surface area contributed by atoms with Crippen molar-refractivity contribution in [3.05, 3.63) is 23.8 Å². The molecular weight excluding hydrogens is 258 g/mol. The van der Waals surface area contributed by atoms with Gasteiger partial charge in [-0.1, -0.05) is 6.07 Å². The quantitative estimate of drug-likeness (QED) is 0.864. The van der Waals surface area contributed by atoms with Crippen LogP contribution in [-0.4, -0.2) is 29.8 Å². The second-order valence-electron chi connectivity index (χ2n) is 5.64. The minimum absolute atomic E-state index is 0.0727. The van der Waals surface area contributed by atoms with E-state index >= 15 is 0 Å². The van der Waals surface area contributed by atoms with Crippen LogP contribution in [0.4, 0.5) is 0 Å². The summed E-state index contributed by atoms with van der Waals surface area (Å²) in [6, 6.07) is 5.10. The van der Waals surface area contributed by atoms with Gasteiger partial charge in [0.15, 0.2) is 17.6 Å². The van der Waals surface area contributed by atoms with E-state index in [1.54, 1.807) is 25.1 Å². The van der Waals surface area contributed by atoms with Gasteiger partial charge < -0.3 is 19.9 Å². The second kappa shape index (κ2) is 6.61. The van der Waals surface area contributed by atoms with Crippen molar-refractivity contribution in [2.75, 3.05) is 7.11 Å². The molecule has 0 aliphatic heterocycles. The third kappa shape index (κ3) is 4.74. The van der Waals surface area contributed by atoms with Gasteiger partial charge in [-0.3, -0.25) is 4.79 Å². The first-order valence-electron chi connectivity index (χ1n) is 6.53. The van der Waals surface area contributed by atoms with Gasteiger partial charge in [0, 0.05) is 5.54 Å². The van der Waals surface area contributed by atoms with E-state index in [9.17, 15) is 4.79 Å². The van der Waals surface area contributed by atoms with Gasteiger partial charge in [0.05, 0.1) is 13.7 Å². The monoisotopic (exact) mass is 281 g/mol. The van der Waals surface area contributed by atoms with Crippen molar-refractivity contribution in [1.29, 1.82) is 0 Å². The number of rotatable bonds is 5. The standard InChI is InChI=1S/C15H23NO4/c1-10(14(18)16-15(2,3)4)20-12-7-6-11(9-17)8-13(12)19-5/h6-8,10,17H,9H2,1-5H3,(H,16,18). The SMILES string of the molecule is COc1cc(CO)ccc1OC(C)C(=O)NC(C)(C)C. The van der Waals surface area contributed by atoms with Crippen LogP contribution in [0, 0.1) is 0 Å². The maximum Gasteiger partial charge on any atom is 0.261 e. The topological polar surface area (TPSA) is 67.8 Å². The zero-order valence-electron chi connectivity index (χ0n) is 12.7. The fourth-order valence-electron chi connectivity index (χ4n) is 1.62. The molecule has 0 aliphatic rings. The molecule has 0 spiro atoms. The summed E-state index contributed by atoms with van der Waals surface area (Å²) in [5.74, 6) is 0.777. The zero-order chi connectivity index (χ0) is 15.3. The molecule has 0 aliphatic carbocycles. The predicted molar refractivity (Wildman–Crippen MR) is 76.9 cm³/mol. The number of benzene rings is 1. The van der Waals surface area contributed by atoms with Crippen LogP contribution in [0.1, 0.15) is 33.3 Å². The number of methoxy groups -OCH3 is 1. The first kappa shape index (κ1) is 16.3. The van der Waals surface area contributed by atoms with Crippen LogP contribution >= 0.6 is 0 Å². The third-order valence-electron chi connectivity index (χ3n) is 2.58. The number of carbonyl (C=O) groups is 1. The molecule has 2 N–H and O–H groups in total. The number of ether oxygens (including phenoxy) is 2. The lowest BCUT2D eigenvalue weighted by Gasteiger charge is -2.24. The number of carbonyl (C=O) groups excluding carboxylic acids is 1. The van der Waals surface area contributed by atoms with Gasteiger partial charge >= 0.3 is 0 Å². The summed E-state index contributed by atoms with van der Waals surface area (Å²) in [4.78, 5) is 12.0. The zero-order valence-corrected chi connectivity index (χ0v) is 12.7. The number of aliphatic hydroxyl groups excluding tert-OH is 1. The van der Waals surface area contributed by atoms with Crippen molar-refractivity contribution in [3.63, 3.8) is 0 Å². The van der Waals surface area contributed by atoms with E-state index in [1.165, 1.54) is 7.11 Å². The second-order valence-corrected chi connectivity index (χ2v) is 5.64. The van der Waals surface area contributed by atoms with Crippen LogP contribution in [-0.2, 0) is 11.4 Å². The first-order valence-corrected chi connectivity index (χ1v) is 6.53. The average molecular weight is 281 g/mol. The highest BCUT2D eigenvalue weighted by atomic mass is 16.5.